The number of unbranched alkanes of at least 4 members (excludes halogenated alkanes) is 4. The number of hydrogen-bond acceptors (Lipinski definition) is 3. The minimum Gasteiger partial charge on any atom is -0.396 e. The van der Waals surface area contributed by atoms with Gasteiger partial charge in [0, 0.05) is 28.3 Å². The molecule has 0 radical (unpaired) electrons. The summed E-state index contributed by atoms with van der Waals surface area (Å²) in [6.45, 7) is 4.13. The maximum atomic E-state index is 9.36. The zero-order chi connectivity index (χ0) is 10.8. The molecular formula is C11H24O3Ti. The van der Waals surface area contributed by atoms with Crippen LogP contribution in [-0.2, 0) is 26.5 Å². The van der Waals surface area contributed by atoms with E-state index in [0.29, 0.717) is 6.61 Å². The van der Waals surface area contributed by atoms with Crippen molar-refractivity contribution in [1.82, 2.24) is 0 Å². The van der Waals surface area contributed by atoms with Gasteiger partial charge >= 0.3 is 0 Å². The summed E-state index contributed by atoms with van der Waals surface area (Å²) in [5, 5.41) is 17.9. The monoisotopic (exact) mass is 252 g/mol. The molecule has 90 valence electrons. The number of aliphatic hydroxyl groups excluding tert-OH is 2. The van der Waals surface area contributed by atoms with Gasteiger partial charge in [-0.25, -0.2) is 0 Å². The SMILES string of the molecule is CC(C)OC(O)CCCCCCCO.[Ti]. The van der Waals surface area contributed by atoms with Crippen LogP contribution in [0.15, 0.2) is 0 Å². The molecule has 4 heteroatoms. The number of aliphatic hydroxyl groups is 2. The summed E-state index contributed by atoms with van der Waals surface area (Å²) < 4.78 is 5.19. The Morgan fingerprint density at radius 2 is 1.53 bits per heavy atom. The molecule has 0 saturated carbocycles. The van der Waals surface area contributed by atoms with Crippen molar-refractivity contribution >= 4 is 0 Å². The zero-order valence-electron chi connectivity index (χ0n) is 9.91. The Hall–Kier alpha value is 0.594. The molecule has 0 amide bonds. The molecule has 1 unspecified atom stereocenters. The van der Waals surface area contributed by atoms with Crippen LogP contribution in [0.4, 0.5) is 0 Å². The second-order valence-electron chi connectivity index (χ2n) is 3.92. The molecule has 0 aliphatic heterocycles. The third-order valence-corrected chi connectivity index (χ3v) is 2.04. The van der Waals surface area contributed by atoms with Crippen molar-refractivity contribution in [3.63, 3.8) is 0 Å². The largest absolute Gasteiger partial charge is 0.396 e. The molecule has 0 aromatic carbocycles. The third-order valence-electron chi connectivity index (χ3n) is 2.04. The molecule has 0 aromatic rings. The quantitative estimate of drug-likeness (QED) is 0.375. The van der Waals surface area contributed by atoms with Crippen molar-refractivity contribution in [2.24, 2.45) is 0 Å². The summed E-state index contributed by atoms with van der Waals surface area (Å²) in [4.78, 5) is 0. The van der Waals surface area contributed by atoms with Crippen molar-refractivity contribution in [3.8, 4) is 0 Å². The van der Waals surface area contributed by atoms with Crippen molar-refractivity contribution in [3.05, 3.63) is 0 Å². The minimum atomic E-state index is -0.604. The van der Waals surface area contributed by atoms with Crippen molar-refractivity contribution in [2.45, 2.75) is 64.8 Å². The molecule has 15 heavy (non-hydrogen) atoms. The first-order valence-electron chi connectivity index (χ1n) is 5.61. The van der Waals surface area contributed by atoms with Gasteiger partial charge in [0.1, 0.15) is 0 Å². The summed E-state index contributed by atoms with van der Waals surface area (Å²) in [5.74, 6) is 0. The van der Waals surface area contributed by atoms with Crippen molar-refractivity contribution in [2.75, 3.05) is 6.61 Å². The number of hydrogen-bond donors (Lipinski definition) is 2. The van der Waals surface area contributed by atoms with E-state index >= 15 is 0 Å². The summed E-state index contributed by atoms with van der Waals surface area (Å²) in [6.07, 6.45) is 5.43. The van der Waals surface area contributed by atoms with E-state index < -0.39 is 6.29 Å². The predicted octanol–water partition coefficient (Wildman–Crippen LogP) is 2.06. The van der Waals surface area contributed by atoms with Gasteiger partial charge in [0.25, 0.3) is 0 Å². The van der Waals surface area contributed by atoms with Crippen LogP contribution in [-0.4, -0.2) is 29.2 Å². The Kier molecular flexibility index (Phi) is 15.2. The molecule has 3 nitrogen and oxygen atoms in total. The Bertz CT molecular complexity index is 120. The zero-order valence-corrected chi connectivity index (χ0v) is 11.5. The van der Waals surface area contributed by atoms with Crippen LogP contribution in [0.3, 0.4) is 0 Å². The smallest absolute Gasteiger partial charge is 0.154 e. The van der Waals surface area contributed by atoms with Crippen LogP contribution in [0.5, 0.6) is 0 Å². The van der Waals surface area contributed by atoms with Crippen LogP contribution in [0.2, 0.25) is 0 Å². The second kappa shape index (κ2) is 12.7. The molecule has 0 spiro atoms. The molecule has 0 aliphatic rings. The molecule has 0 bridgehead atoms. The maximum absolute atomic E-state index is 9.36. The van der Waals surface area contributed by atoms with E-state index in [1.807, 2.05) is 13.8 Å². The van der Waals surface area contributed by atoms with E-state index in [-0.39, 0.29) is 27.8 Å². The van der Waals surface area contributed by atoms with Gasteiger partial charge in [-0.05, 0) is 33.1 Å². The predicted molar refractivity (Wildman–Crippen MR) is 57.0 cm³/mol. The summed E-state index contributed by atoms with van der Waals surface area (Å²) in [6, 6.07) is 0. The summed E-state index contributed by atoms with van der Waals surface area (Å²) in [7, 11) is 0. The van der Waals surface area contributed by atoms with Gasteiger partial charge in [-0.3, -0.25) is 0 Å². The van der Waals surface area contributed by atoms with E-state index in [0.717, 1.165) is 38.5 Å². The molecule has 1 atom stereocenters. The van der Waals surface area contributed by atoms with E-state index in [4.69, 9.17) is 9.84 Å². The topological polar surface area (TPSA) is 49.7 Å². The standard InChI is InChI=1S/C11H24O3.Ti/c1-10(2)14-11(13)8-6-4-3-5-7-9-12;/h10-13H,3-9H2,1-2H3;. The van der Waals surface area contributed by atoms with Crippen LogP contribution >= 0.6 is 0 Å². The normalized spacial score (nSPS) is 12.6. The van der Waals surface area contributed by atoms with Gasteiger partial charge in [0.05, 0.1) is 6.10 Å². The fraction of sp³-hybridized carbons (Fsp3) is 1.00. The van der Waals surface area contributed by atoms with E-state index in [1.54, 1.807) is 0 Å². The van der Waals surface area contributed by atoms with E-state index in [1.165, 1.54) is 0 Å². The first kappa shape index (κ1) is 18.0. The van der Waals surface area contributed by atoms with Gasteiger partial charge < -0.3 is 14.9 Å². The average molecular weight is 252 g/mol. The molecular weight excluding hydrogens is 228 g/mol. The fourth-order valence-corrected chi connectivity index (χ4v) is 1.34. The van der Waals surface area contributed by atoms with Crippen LogP contribution in [0.25, 0.3) is 0 Å². The fourth-order valence-electron chi connectivity index (χ4n) is 1.34. The molecule has 0 rings (SSSR count). The van der Waals surface area contributed by atoms with Crippen LogP contribution in [0.1, 0.15) is 52.4 Å². The van der Waals surface area contributed by atoms with Crippen molar-refractivity contribution in [1.29, 1.82) is 0 Å². The maximum Gasteiger partial charge on any atom is 0.154 e. The molecule has 0 fully saturated rings. The molecule has 0 aromatic heterocycles. The van der Waals surface area contributed by atoms with Gasteiger partial charge in [-0.15, -0.1) is 0 Å². The Morgan fingerprint density at radius 1 is 1.00 bits per heavy atom. The number of ether oxygens (including phenoxy) is 1. The molecule has 0 heterocycles. The van der Waals surface area contributed by atoms with E-state index in [2.05, 4.69) is 0 Å². The minimum absolute atomic E-state index is 0. The van der Waals surface area contributed by atoms with Gasteiger partial charge in [-0.1, -0.05) is 19.3 Å². The Labute approximate surface area is 108 Å². The molecule has 0 saturated heterocycles. The van der Waals surface area contributed by atoms with Gasteiger partial charge in [0.15, 0.2) is 6.29 Å². The summed E-state index contributed by atoms with van der Waals surface area (Å²) >= 11 is 0. The van der Waals surface area contributed by atoms with Crippen LogP contribution < -0.4 is 0 Å². The van der Waals surface area contributed by atoms with Crippen molar-refractivity contribution < 1.29 is 36.7 Å². The Balaban J connectivity index is 0. The molecule has 0 aliphatic carbocycles. The third kappa shape index (κ3) is 14.6. The number of rotatable bonds is 9. The first-order valence-corrected chi connectivity index (χ1v) is 5.61. The van der Waals surface area contributed by atoms with Crippen LogP contribution in [0, 0.1) is 0 Å². The first-order chi connectivity index (χ1) is 6.66. The Morgan fingerprint density at radius 3 is 2.07 bits per heavy atom. The second-order valence-corrected chi connectivity index (χ2v) is 3.92. The molecule has 2 N–H and O–H groups in total. The van der Waals surface area contributed by atoms with E-state index in [9.17, 15) is 5.11 Å². The van der Waals surface area contributed by atoms with Gasteiger partial charge in [-0.2, -0.15) is 0 Å². The average Bonchev–Trinajstić information content (AvgIpc) is 2.10. The summed E-state index contributed by atoms with van der Waals surface area (Å²) in [5.41, 5.74) is 0. The van der Waals surface area contributed by atoms with Gasteiger partial charge in [0.2, 0.25) is 0 Å².